The van der Waals surface area contributed by atoms with Gasteiger partial charge in [0.2, 0.25) is 5.91 Å². The molecule has 0 spiro atoms. The van der Waals surface area contributed by atoms with Crippen LogP contribution in [0.2, 0.25) is 0 Å². The minimum atomic E-state index is -0.277. The third-order valence-electron chi connectivity index (χ3n) is 4.45. The molecule has 17 heavy (non-hydrogen) atoms. The van der Waals surface area contributed by atoms with Crippen LogP contribution < -0.4 is 5.73 Å². The van der Waals surface area contributed by atoms with Gasteiger partial charge in [0.15, 0.2) is 0 Å². The van der Waals surface area contributed by atoms with Crippen LogP contribution in [0, 0.1) is 5.41 Å². The van der Waals surface area contributed by atoms with Crippen LogP contribution in [0.4, 0.5) is 0 Å². The van der Waals surface area contributed by atoms with Crippen LogP contribution in [0.1, 0.15) is 39.0 Å². The number of carbonyl (C=O) groups is 1. The zero-order valence-corrected chi connectivity index (χ0v) is 10.8. The average Bonchev–Trinajstić information content (AvgIpc) is 2.54. The van der Waals surface area contributed by atoms with Gasteiger partial charge in [0.1, 0.15) is 0 Å². The summed E-state index contributed by atoms with van der Waals surface area (Å²) in [5.74, 6) is -0.125. The zero-order chi connectivity index (χ0) is 12.3. The zero-order valence-electron chi connectivity index (χ0n) is 10.8. The number of morpholine rings is 1. The Morgan fingerprint density at radius 3 is 2.65 bits per heavy atom. The maximum absolute atomic E-state index is 11.5. The van der Waals surface area contributed by atoms with Gasteiger partial charge < -0.3 is 10.5 Å². The van der Waals surface area contributed by atoms with E-state index in [1.54, 1.807) is 0 Å². The first-order valence-electron chi connectivity index (χ1n) is 6.73. The van der Waals surface area contributed by atoms with E-state index in [-0.39, 0.29) is 11.3 Å². The lowest BCUT2D eigenvalue weighted by Crippen LogP contribution is -2.43. The van der Waals surface area contributed by atoms with Gasteiger partial charge in [-0.1, -0.05) is 13.3 Å². The second-order valence-corrected chi connectivity index (χ2v) is 5.66. The van der Waals surface area contributed by atoms with Gasteiger partial charge in [-0.15, -0.1) is 0 Å². The lowest BCUT2D eigenvalue weighted by Gasteiger charge is -2.34. The fourth-order valence-electron chi connectivity index (χ4n) is 3.04. The fraction of sp³-hybridized carbons (Fsp3) is 0.923. The van der Waals surface area contributed by atoms with Crippen molar-refractivity contribution >= 4 is 5.91 Å². The smallest absolute Gasteiger partial charge is 0.223 e. The molecule has 2 N–H and O–H groups in total. The summed E-state index contributed by atoms with van der Waals surface area (Å²) in [6.07, 6.45) is 5.29. The average molecular weight is 240 g/mol. The highest BCUT2D eigenvalue weighted by atomic mass is 16.5. The summed E-state index contributed by atoms with van der Waals surface area (Å²) in [6.45, 7) is 5.81. The van der Waals surface area contributed by atoms with E-state index in [4.69, 9.17) is 10.5 Å². The summed E-state index contributed by atoms with van der Waals surface area (Å²) < 4.78 is 5.39. The van der Waals surface area contributed by atoms with Crippen LogP contribution in [0.15, 0.2) is 0 Å². The summed E-state index contributed by atoms with van der Waals surface area (Å²) in [5, 5.41) is 0. The number of ether oxygens (including phenoxy) is 1. The van der Waals surface area contributed by atoms with Crippen molar-refractivity contribution < 1.29 is 9.53 Å². The first-order valence-corrected chi connectivity index (χ1v) is 6.73. The predicted octanol–water partition coefficient (Wildman–Crippen LogP) is 1.14. The molecule has 1 saturated carbocycles. The molecule has 2 atom stereocenters. The second kappa shape index (κ2) is 5.36. The Bertz CT molecular complexity index is 277. The Morgan fingerprint density at radius 1 is 1.29 bits per heavy atom. The first-order chi connectivity index (χ1) is 8.12. The molecule has 0 bridgehead atoms. The topological polar surface area (TPSA) is 55.6 Å². The molecule has 2 unspecified atom stereocenters. The van der Waals surface area contributed by atoms with Crippen molar-refractivity contribution in [3.8, 4) is 0 Å². The molecular formula is C13H24N2O2. The molecule has 0 radical (unpaired) electrons. The molecule has 4 nitrogen and oxygen atoms in total. The van der Waals surface area contributed by atoms with E-state index in [0.717, 1.165) is 52.0 Å². The van der Waals surface area contributed by atoms with Crippen LogP contribution in [-0.4, -0.2) is 43.2 Å². The Balaban J connectivity index is 1.93. The molecule has 2 rings (SSSR count). The number of amides is 1. The van der Waals surface area contributed by atoms with E-state index in [1.165, 1.54) is 6.42 Å². The maximum Gasteiger partial charge on any atom is 0.223 e. The summed E-state index contributed by atoms with van der Waals surface area (Å²) in [7, 11) is 0. The molecule has 0 aromatic carbocycles. The van der Waals surface area contributed by atoms with Gasteiger partial charge in [-0.25, -0.2) is 0 Å². The van der Waals surface area contributed by atoms with Crippen molar-refractivity contribution in [2.24, 2.45) is 11.1 Å². The number of rotatable bonds is 2. The summed E-state index contributed by atoms with van der Waals surface area (Å²) in [6, 6.07) is 0.625. The fourth-order valence-corrected chi connectivity index (χ4v) is 3.04. The summed E-state index contributed by atoms with van der Waals surface area (Å²) in [4.78, 5) is 14.0. The molecule has 0 aromatic heterocycles. The van der Waals surface area contributed by atoms with E-state index in [1.807, 2.05) is 6.92 Å². The van der Waals surface area contributed by atoms with Crippen molar-refractivity contribution in [2.75, 3.05) is 26.3 Å². The van der Waals surface area contributed by atoms with Gasteiger partial charge in [-0.3, -0.25) is 9.69 Å². The number of nitrogens with two attached hydrogens (primary N) is 1. The largest absolute Gasteiger partial charge is 0.379 e. The third kappa shape index (κ3) is 2.99. The molecule has 1 saturated heterocycles. The summed E-state index contributed by atoms with van der Waals surface area (Å²) >= 11 is 0. The number of primary amides is 1. The predicted molar refractivity (Wildman–Crippen MR) is 66.6 cm³/mol. The monoisotopic (exact) mass is 240 g/mol. The Kier molecular flexibility index (Phi) is 4.05. The lowest BCUT2D eigenvalue weighted by atomic mass is 9.82. The highest BCUT2D eigenvalue weighted by molar-refractivity contribution is 5.80. The van der Waals surface area contributed by atoms with Crippen molar-refractivity contribution in [3.63, 3.8) is 0 Å². The molecular weight excluding hydrogens is 216 g/mol. The number of nitrogens with zero attached hydrogens (tertiary/aromatic N) is 1. The van der Waals surface area contributed by atoms with Crippen molar-refractivity contribution in [2.45, 2.75) is 45.1 Å². The van der Waals surface area contributed by atoms with Gasteiger partial charge in [-0.05, 0) is 25.7 Å². The van der Waals surface area contributed by atoms with Crippen LogP contribution in [0.3, 0.4) is 0 Å². The third-order valence-corrected chi connectivity index (χ3v) is 4.45. The lowest BCUT2D eigenvalue weighted by molar-refractivity contribution is -0.127. The first kappa shape index (κ1) is 12.8. The van der Waals surface area contributed by atoms with Crippen LogP contribution in [-0.2, 0) is 9.53 Å². The number of hydrogen-bond donors (Lipinski definition) is 1. The normalized spacial score (nSPS) is 36.4. The van der Waals surface area contributed by atoms with E-state index in [0.29, 0.717) is 6.04 Å². The molecule has 2 fully saturated rings. The highest BCUT2D eigenvalue weighted by Gasteiger charge is 2.35. The van der Waals surface area contributed by atoms with Gasteiger partial charge in [-0.2, -0.15) is 0 Å². The minimum Gasteiger partial charge on any atom is -0.379 e. The summed E-state index contributed by atoms with van der Waals surface area (Å²) in [5.41, 5.74) is 5.25. The number of carbonyl (C=O) groups excluding carboxylic acids is 1. The van der Waals surface area contributed by atoms with Crippen LogP contribution >= 0.6 is 0 Å². The van der Waals surface area contributed by atoms with E-state index in [9.17, 15) is 4.79 Å². The molecule has 1 aliphatic heterocycles. The molecule has 0 aromatic rings. The highest BCUT2D eigenvalue weighted by Crippen LogP contribution is 2.35. The molecule has 4 heteroatoms. The molecule has 2 aliphatic rings. The minimum absolute atomic E-state index is 0.125. The van der Waals surface area contributed by atoms with Crippen LogP contribution in [0.5, 0.6) is 0 Å². The Morgan fingerprint density at radius 2 is 2.00 bits per heavy atom. The molecule has 1 heterocycles. The van der Waals surface area contributed by atoms with Gasteiger partial charge in [0, 0.05) is 24.5 Å². The second-order valence-electron chi connectivity index (χ2n) is 5.66. The molecule has 1 aliphatic carbocycles. The quantitative estimate of drug-likeness (QED) is 0.736. The SMILES string of the molecule is CC1(C(N)=O)CCCC(N2CCOCC2)CC1. The van der Waals surface area contributed by atoms with Crippen molar-refractivity contribution in [1.82, 2.24) is 4.90 Å². The Hall–Kier alpha value is -0.610. The van der Waals surface area contributed by atoms with Crippen molar-refractivity contribution in [3.05, 3.63) is 0 Å². The van der Waals surface area contributed by atoms with Crippen LogP contribution in [0.25, 0.3) is 0 Å². The number of hydrogen-bond acceptors (Lipinski definition) is 3. The van der Waals surface area contributed by atoms with Gasteiger partial charge >= 0.3 is 0 Å². The molecule has 98 valence electrons. The van der Waals surface area contributed by atoms with Crippen molar-refractivity contribution in [1.29, 1.82) is 0 Å². The Labute approximate surface area is 103 Å². The van der Waals surface area contributed by atoms with E-state index in [2.05, 4.69) is 4.90 Å². The van der Waals surface area contributed by atoms with Gasteiger partial charge in [0.25, 0.3) is 0 Å². The standard InChI is InChI=1S/C13H24N2O2/c1-13(12(14)16)5-2-3-11(4-6-13)15-7-9-17-10-8-15/h11H,2-10H2,1H3,(H2,14,16). The van der Waals surface area contributed by atoms with E-state index >= 15 is 0 Å². The molecule has 1 amide bonds. The maximum atomic E-state index is 11.5. The van der Waals surface area contributed by atoms with E-state index < -0.39 is 0 Å². The van der Waals surface area contributed by atoms with Gasteiger partial charge in [0.05, 0.1) is 13.2 Å².